The van der Waals surface area contributed by atoms with Crippen molar-refractivity contribution in [3.63, 3.8) is 0 Å². The Balaban J connectivity index is 1.11. The van der Waals surface area contributed by atoms with Crippen molar-refractivity contribution in [3.05, 3.63) is 218 Å². The van der Waals surface area contributed by atoms with Gasteiger partial charge in [0, 0.05) is 38.9 Å². The number of furan rings is 1. The van der Waals surface area contributed by atoms with Crippen molar-refractivity contribution in [3.8, 4) is 11.1 Å². The van der Waals surface area contributed by atoms with Gasteiger partial charge in [-0.25, -0.2) is 0 Å². The predicted molar refractivity (Wildman–Crippen MR) is 241 cm³/mol. The summed E-state index contributed by atoms with van der Waals surface area (Å²) in [6.45, 7) is 0. The van der Waals surface area contributed by atoms with Gasteiger partial charge in [-0.05, 0) is 105 Å². The molecule has 11 aromatic rings. The number of fused-ring (bicyclic) bond motifs is 8. The average Bonchev–Trinajstić information content (AvgIpc) is 3.69. The molecule has 57 heavy (non-hydrogen) atoms. The Morgan fingerprint density at radius 2 is 0.825 bits per heavy atom. The summed E-state index contributed by atoms with van der Waals surface area (Å²) < 4.78 is 6.98. The monoisotopic (exact) mass is 728 g/mol. The molecule has 0 aliphatic heterocycles. The summed E-state index contributed by atoms with van der Waals surface area (Å²) in [5.74, 6) is 0. The number of rotatable bonds is 7. The van der Waals surface area contributed by atoms with E-state index in [0.29, 0.717) is 0 Å². The van der Waals surface area contributed by atoms with Crippen LogP contribution in [0.15, 0.2) is 223 Å². The van der Waals surface area contributed by atoms with E-state index < -0.39 is 0 Å². The standard InChI is InChI=1S/C54H36N2O/c1-4-18-40(19-5-1)55(41-20-6-2-7-21-41)43-31-28-38(29-32-43)44-33-34-49(48-27-15-14-26-47(44)48)56(42-22-8-3-9-23-42)50-36-39-17-11-13-25-46(39)53-52-45-24-12-10-16-37(45)30-35-51(52)57-54(50)53/h1-36H. The lowest BCUT2D eigenvalue weighted by Gasteiger charge is -2.28. The Labute approximate surface area is 330 Å². The van der Waals surface area contributed by atoms with Gasteiger partial charge < -0.3 is 14.2 Å². The highest BCUT2D eigenvalue weighted by Gasteiger charge is 2.24. The van der Waals surface area contributed by atoms with E-state index in [-0.39, 0.29) is 0 Å². The van der Waals surface area contributed by atoms with Crippen molar-refractivity contribution < 1.29 is 4.42 Å². The van der Waals surface area contributed by atoms with Crippen molar-refractivity contribution in [1.82, 2.24) is 0 Å². The van der Waals surface area contributed by atoms with Crippen LogP contribution in [0.5, 0.6) is 0 Å². The van der Waals surface area contributed by atoms with Crippen molar-refractivity contribution in [1.29, 1.82) is 0 Å². The van der Waals surface area contributed by atoms with Crippen molar-refractivity contribution in [2.75, 3.05) is 9.80 Å². The number of hydrogen-bond donors (Lipinski definition) is 0. The second-order valence-corrected chi connectivity index (χ2v) is 14.5. The Hall–Kier alpha value is -7.62. The first-order valence-corrected chi connectivity index (χ1v) is 19.4. The van der Waals surface area contributed by atoms with Crippen molar-refractivity contribution >= 4 is 88.4 Å². The predicted octanol–water partition coefficient (Wildman–Crippen LogP) is 15.7. The summed E-state index contributed by atoms with van der Waals surface area (Å²) in [6, 6.07) is 77.9. The van der Waals surface area contributed by atoms with E-state index in [2.05, 4.69) is 228 Å². The van der Waals surface area contributed by atoms with Gasteiger partial charge in [-0.2, -0.15) is 0 Å². The number of benzene rings is 10. The minimum atomic E-state index is 0.869. The van der Waals surface area contributed by atoms with Crippen LogP contribution in [-0.2, 0) is 0 Å². The fourth-order valence-corrected chi connectivity index (χ4v) is 8.64. The second-order valence-electron chi connectivity index (χ2n) is 14.5. The maximum atomic E-state index is 6.98. The molecule has 1 heterocycles. The molecule has 0 radical (unpaired) electrons. The first-order valence-electron chi connectivity index (χ1n) is 19.4. The molecule has 0 aliphatic carbocycles. The Morgan fingerprint density at radius 3 is 1.47 bits per heavy atom. The highest BCUT2D eigenvalue weighted by atomic mass is 16.3. The van der Waals surface area contributed by atoms with Crippen molar-refractivity contribution in [2.24, 2.45) is 0 Å². The highest BCUT2D eigenvalue weighted by Crippen LogP contribution is 2.49. The molecule has 0 saturated heterocycles. The summed E-state index contributed by atoms with van der Waals surface area (Å²) in [7, 11) is 0. The van der Waals surface area contributed by atoms with E-state index >= 15 is 0 Å². The van der Waals surface area contributed by atoms with E-state index in [1.54, 1.807) is 0 Å². The van der Waals surface area contributed by atoms with E-state index in [1.807, 2.05) is 0 Å². The van der Waals surface area contributed by atoms with Crippen LogP contribution in [0.2, 0.25) is 0 Å². The third-order valence-corrected chi connectivity index (χ3v) is 11.2. The van der Waals surface area contributed by atoms with Gasteiger partial charge >= 0.3 is 0 Å². The molecule has 11 rings (SSSR count). The van der Waals surface area contributed by atoms with Crippen LogP contribution in [-0.4, -0.2) is 0 Å². The largest absolute Gasteiger partial charge is 0.454 e. The zero-order chi connectivity index (χ0) is 37.7. The molecule has 0 fully saturated rings. The van der Waals surface area contributed by atoms with Crippen LogP contribution in [0.3, 0.4) is 0 Å². The van der Waals surface area contributed by atoms with Crippen LogP contribution in [0.25, 0.3) is 65.4 Å². The average molecular weight is 729 g/mol. The summed E-state index contributed by atoms with van der Waals surface area (Å²) in [5, 5.41) is 9.36. The molecule has 0 amide bonds. The van der Waals surface area contributed by atoms with Crippen LogP contribution in [0.1, 0.15) is 0 Å². The summed E-state index contributed by atoms with van der Waals surface area (Å²) in [5.41, 5.74) is 10.6. The maximum absolute atomic E-state index is 6.98. The highest BCUT2D eigenvalue weighted by molar-refractivity contribution is 6.29. The minimum Gasteiger partial charge on any atom is -0.454 e. The molecular formula is C54H36N2O. The summed E-state index contributed by atoms with van der Waals surface area (Å²) >= 11 is 0. The van der Waals surface area contributed by atoms with E-state index in [0.717, 1.165) is 72.4 Å². The second kappa shape index (κ2) is 13.6. The molecule has 1 aromatic heterocycles. The zero-order valence-electron chi connectivity index (χ0n) is 31.1. The number of nitrogens with zero attached hydrogens (tertiary/aromatic N) is 2. The molecule has 0 atom stereocenters. The topological polar surface area (TPSA) is 19.6 Å². The normalized spacial score (nSPS) is 11.5. The molecule has 3 nitrogen and oxygen atoms in total. The molecule has 3 heteroatoms. The third kappa shape index (κ3) is 5.51. The van der Waals surface area contributed by atoms with Gasteiger partial charge in [-0.15, -0.1) is 0 Å². The van der Waals surface area contributed by atoms with Gasteiger partial charge in [0.15, 0.2) is 5.58 Å². The lowest BCUT2D eigenvalue weighted by molar-refractivity contribution is 0.669. The molecule has 10 aromatic carbocycles. The first kappa shape index (κ1) is 32.8. The van der Waals surface area contributed by atoms with Crippen molar-refractivity contribution in [2.45, 2.75) is 0 Å². The van der Waals surface area contributed by atoms with Gasteiger partial charge in [0.1, 0.15) is 5.58 Å². The molecule has 0 saturated carbocycles. The van der Waals surface area contributed by atoms with Crippen LogP contribution in [0.4, 0.5) is 34.1 Å². The molecular weight excluding hydrogens is 693 g/mol. The third-order valence-electron chi connectivity index (χ3n) is 11.2. The summed E-state index contributed by atoms with van der Waals surface area (Å²) in [6.07, 6.45) is 0. The molecule has 0 bridgehead atoms. The van der Waals surface area contributed by atoms with Gasteiger partial charge in [-0.3, -0.25) is 0 Å². The molecule has 0 N–H and O–H groups in total. The first-order chi connectivity index (χ1) is 28.3. The number of para-hydroxylation sites is 3. The van der Waals surface area contributed by atoms with Crippen LogP contribution in [0, 0.1) is 0 Å². The fourth-order valence-electron chi connectivity index (χ4n) is 8.64. The number of hydrogen-bond acceptors (Lipinski definition) is 3. The Morgan fingerprint density at radius 1 is 0.316 bits per heavy atom. The van der Waals surface area contributed by atoms with Crippen LogP contribution < -0.4 is 9.80 Å². The molecule has 0 aliphatic rings. The SMILES string of the molecule is c1ccc(N(c2ccccc2)c2ccc(-c3ccc(N(c4ccccc4)c4cc5ccccc5c5c4oc4ccc6ccccc6c45)c4ccccc34)cc2)cc1. The van der Waals surface area contributed by atoms with Crippen LogP contribution >= 0.6 is 0 Å². The van der Waals surface area contributed by atoms with E-state index in [1.165, 1.54) is 27.1 Å². The Bertz CT molecular complexity index is 3190. The number of anilines is 6. The summed E-state index contributed by atoms with van der Waals surface area (Å²) in [4.78, 5) is 4.68. The quantitative estimate of drug-likeness (QED) is 0.163. The molecule has 268 valence electrons. The maximum Gasteiger partial charge on any atom is 0.160 e. The van der Waals surface area contributed by atoms with Gasteiger partial charge in [-0.1, -0.05) is 152 Å². The molecule has 0 spiro atoms. The smallest absolute Gasteiger partial charge is 0.160 e. The zero-order valence-corrected chi connectivity index (χ0v) is 31.1. The van der Waals surface area contributed by atoms with Gasteiger partial charge in [0.2, 0.25) is 0 Å². The lowest BCUT2D eigenvalue weighted by atomic mass is 9.95. The molecule has 0 unspecified atom stereocenters. The fraction of sp³-hybridized carbons (Fsp3) is 0. The van der Waals surface area contributed by atoms with E-state index in [4.69, 9.17) is 4.42 Å². The Kier molecular flexibility index (Phi) is 7.82. The van der Waals surface area contributed by atoms with E-state index in [9.17, 15) is 0 Å². The lowest BCUT2D eigenvalue weighted by Crippen LogP contribution is -2.11. The van der Waals surface area contributed by atoms with Gasteiger partial charge in [0.25, 0.3) is 0 Å². The van der Waals surface area contributed by atoms with Gasteiger partial charge in [0.05, 0.1) is 11.4 Å². The minimum absolute atomic E-state index is 0.869.